The molecule has 0 aliphatic heterocycles. The third-order valence-corrected chi connectivity index (χ3v) is 10.4. The van der Waals surface area contributed by atoms with Gasteiger partial charge >= 0.3 is 0 Å². The van der Waals surface area contributed by atoms with Crippen molar-refractivity contribution in [2.45, 2.75) is 26.2 Å². The third-order valence-electron chi connectivity index (χ3n) is 10.4. The number of nitrogens with zero attached hydrogens (tertiary/aromatic N) is 4. The highest BCUT2D eigenvalue weighted by Crippen LogP contribution is 2.50. The van der Waals surface area contributed by atoms with Crippen LogP contribution in [0.15, 0.2) is 171 Å². The van der Waals surface area contributed by atoms with Gasteiger partial charge < -0.3 is 4.42 Å². The average Bonchev–Trinajstić information content (AvgIpc) is 3.68. The molecular weight excluding hydrogens is 637 g/mol. The number of benzene rings is 7. The number of hydrogen-bond donors (Lipinski definition) is 0. The summed E-state index contributed by atoms with van der Waals surface area (Å²) in [5.41, 5.74) is 10.9. The van der Waals surface area contributed by atoms with Crippen LogP contribution in [0.4, 0.5) is 11.4 Å². The SMILES string of the molecule is C=NC(=N/C(=N\N(c1ccccc1C)c1cccc2ccccc12)c1cccc2oc3ccccc3c12)c1cccc2c1-c1ccccc1C2(C)C. The van der Waals surface area contributed by atoms with Crippen LogP contribution in [-0.2, 0) is 5.41 Å². The summed E-state index contributed by atoms with van der Waals surface area (Å²) in [5.74, 6) is 0.981. The number of hydrazone groups is 1. The maximum atomic E-state index is 6.38. The fourth-order valence-electron chi connectivity index (χ4n) is 7.85. The molecule has 52 heavy (non-hydrogen) atoms. The van der Waals surface area contributed by atoms with Crippen LogP contribution < -0.4 is 5.01 Å². The Morgan fingerprint density at radius 3 is 2.10 bits per heavy atom. The standard InChI is InChI=1S/C47H36N4O/c1-30-16-5-11-26-39(30)51(40-27-13-18-31-17-6-7-19-32(31)40)50-46(36-23-15-29-42-44(36)34-21-9-12-28-41(34)52-42)49-45(48-4)35-22-14-25-38-43(35)33-20-8-10-24-37(33)47(38,2)3/h5-29H,4H2,1-3H3/b49-45?,50-46-. The molecular formula is C47H36N4O. The summed E-state index contributed by atoms with van der Waals surface area (Å²) in [4.78, 5) is 10.1. The van der Waals surface area contributed by atoms with Gasteiger partial charge in [0.05, 0.1) is 11.4 Å². The van der Waals surface area contributed by atoms with Crippen LogP contribution in [0.25, 0.3) is 43.8 Å². The van der Waals surface area contributed by atoms with Crippen LogP contribution in [0.2, 0.25) is 0 Å². The third kappa shape index (κ3) is 4.96. The molecule has 1 aliphatic rings. The van der Waals surface area contributed by atoms with E-state index in [4.69, 9.17) is 14.5 Å². The molecule has 1 aliphatic carbocycles. The molecule has 0 atom stereocenters. The zero-order chi connectivity index (χ0) is 35.4. The smallest absolute Gasteiger partial charge is 0.182 e. The van der Waals surface area contributed by atoms with Crippen LogP contribution in [-0.4, -0.2) is 18.4 Å². The molecule has 5 heteroatoms. The second-order valence-electron chi connectivity index (χ2n) is 13.8. The van der Waals surface area contributed by atoms with Crippen LogP contribution in [0.1, 0.15) is 41.7 Å². The highest BCUT2D eigenvalue weighted by Gasteiger charge is 2.37. The van der Waals surface area contributed by atoms with E-state index in [9.17, 15) is 0 Å². The van der Waals surface area contributed by atoms with Crippen LogP contribution in [0.5, 0.6) is 0 Å². The molecule has 0 unspecified atom stereocenters. The molecule has 0 fully saturated rings. The van der Waals surface area contributed by atoms with Crippen LogP contribution in [0, 0.1) is 6.92 Å². The van der Waals surface area contributed by atoms with Crippen molar-refractivity contribution < 1.29 is 4.42 Å². The molecule has 0 N–H and O–H groups in total. The van der Waals surface area contributed by atoms with E-state index in [1.165, 1.54) is 16.7 Å². The Kier molecular flexibility index (Phi) is 7.44. The molecule has 0 saturated carbocycles. The largest absolute Gasteiger partial charge is 0.456 e. The van der Waals surface area contributed by atoms with Crippen molar-refractivity contribution >= 4 is 62.5 Å². The summed E-state index contributed by atoms with van der Waals surface area (Å²) < 4.78 is 6.38. The van der Waals surface area contributed by atoms with E-state index >= 15 is 0 Å². The topological polar surface area (TPSA) is 53.5 Å². The van der Waals surface area contributed by atoms with E-state index in [0.29, 0.717) is 11.7 Å². The van der Waals surface area contributed by atoms with E-state index in [-0.39, 0.29) is 5.41 Å². The number of aryl methyl sites for hydroxylation is 1. The first-order valence-electron chi connectivity index (χ1n) is 17.6. The van der Waals surface area contributed by atoms with E-state index in [2.05, 4.69) is 148 Å². The normalized spacial score (nSPS) is 13.8. The van der Waals surface area contributed by atoms with Crippen LogP contribution in [0.3, 0.4) is 0 Å². The highest BCUT2D eigenvalue weighted by atomic mass is 16.3. The van der Waals surface area contributed by atoms with Gasteiger partial charge in [0.25, 0.3) is 0 Å². The molecule has 1 heterocycles. The minimum Gasteiger partial charge on any atom is -0.456 e. The summed E-state index contributed by atoms with van der Waals surface area (Å²) >= 11 is 0. The van der Waals surface area contributed by atoms with E-state index in [1.807, 2.05) is 41.4 Å². The number of anilines is 2. The van der Waals surface area contributed by atoms with Gasteiger partial charge in [-0.15, -0.1) is 5.10 Å². The molecule has 8 aromatic rings. The average molecular weight is 673 g/mol. The number of fused-ring (bicyclic) bond motifs is 7. The summed E-state index contributed by atoms with van der Waals surface area (Å²) in [6, 6.07) is 52.3. The second kappa shape index (κ2) is 12.3. The lowest BCUT2D eigenvalue weighted by Gasteiger charge is -2.24. The van der Waals surface area contributed by atoms with Crippen molar-refractivity contribution in [3.63, 3.8) is 0 Å². The maximum Gasteiger partial charge on any atom is 0.182 e. The first kappa shape index (κ1) is 31.4. The van der Waals surface area contributed by atoms with Crippen molar-refractivity contribution in [3.8, 4) is 11.1 Å². The van der Waals surface area contributed by atoms with Crippen LogP contribution >= 0.6 is 0 Å². The molecule has 0 bridgehead atoms. The van der Waals surface area contributed by atoms with Gasteiger partial charge in [-0.25, -0.2) is 15.0 Å². The lowest BCUT2D eigenvalue weighted by Crippen LogP contribution is -2.17. The quantitative estimate of drug-likeness (QED) is 0.104. The second-order valence-corrected chi connectivity index (χ2v) is 13.8. The number of rotatable bonds is 5. The van der Waals surface area contributed by atoms with Crippen molar-refractivity contribution in [2.24, 2.45) is 15.1 Å². The fraction of sp³-hybridized carbons (Fsp3) is 0.0851. The Morgan fingerprint density at radius 2 is 1.23 bits per heavy atom. The van der Waals surface area contributed by atoms with Crippen molar-refractivity contribution in [3.05, 3.63) is 179 Å². The highest BCUT2D eigenvalue weighted by molar-refractivity contribution is 6.22. The van der Waals surface area contributed by atoms with Gasteiger partial charge in [-0.05, 0) is 71.1 Å². The van der Waals surface area contributed by atoms with Gasteiger partial charge in [0.1, 0.15) is 11.2 Å². The summed E-state index contributed by atoms with van der Waals surface area (Å²) in [6.45, 7) is 10.8. The minimum absolute atomic E-state index is 0.178. The Bertz CT molecular complexity index is 2760. The molecule has 0 spiro atoms. The molecule has 0 amide bonds. The van der Waals surface area contributed by atoms with Crippen molar-refractivity contribution in [1.82, 2.24) is 0 Å². The summed E-state index contributed by atoms with van der Waals surface area (Å²) in [6.07, 6.45) is 0. The first-order chi connectivity index (χ1) is 25.4. The van der Waals surface area contributed by atoms with Crippen molar-refractivity contribution in [1.29, 1.82) is 0 Å². The Hall–Kier alpha value is -6.59. The molecule has 5 nitrogen and oxygen atoms in total. The molecule has 0 radical (unpaired) electrons. The zero-order valence-electron chi connectivity index (χ0n) is 29.3. The number of aliphatic imine (C=N–C) groups is 2. The number of para-hydroxylation sites is 2. The Labute approximate surface area is 302 Å². The number of amidine groups is 2. The molecule has 250 valence electrons. The first-order valence-corrected chi connectivity index (χ1v) is 17.6. The molecule has 7 aromatic carbocycles. The monoisotopic (exact) mass is 672 g/mol. The molecule has 0 saturated heterocycles. The van der Waals surface area contributed by atoms with E-state index < -0.39 is 0 Å². The fourth-order valence-corrected chi connectivity index (χ4v) is 7.85. The predicted octanol–water partition coefficient (Wildman–Crippen LogP) is 12.0. The zero-order valence-corrected chi connectivity index (χ0v) is 29.3. The molecule has 1 aromatic heterocycles. The van der Waals surface area contributed by atoms with E-state index in [0.717, 1.165) is 66.3 Å². The van der Waals surface area contributed by atoms with E-state index in [1.54, 1.807) is 0 Å². The van der Waals surface area contributed by atoms with Crippen molar-refractivity contribution in [2.75, 3.05) is 5.01 Å². The summed E-state index contributed by atoms with van der Waals surface area (Å²) in [5, 5.41) is 11.7. The van der Waals surface area contributed by atoms with Gasteiger partial charge in [0.2, 0.25) is 0 Å². The maximum absolute atomic E-state index is 6.38. The number of furan rings is 1. The molecule has 9 rings (SSSR count). The Morgan fingerprint density at radius 1 is 0.596 bits per heavy atom. The lowest BCUT2D eigenvalue weighted by molar-refractivity contribution is 0.660. The van der Waals surface area contributed by atoms with Gasteiger partial charge in [-0.1, -0.05) is 141 Å². The van der Waals surface area contributed by atoms with Gasteiger partial charge in [0, 0.05) is 32.7 Å². The van der Waals surface area contributed by atoms with Gasteiger partial charge in [-0.3, -0.25) is 0 Å². The Balaban J connectivity index is 1.37. The van der Waals surface area contributed by atoms with Gasteiger partial charge in [0.15, 0.2) is 11.7 Å². The summed E-state index contributed by atoms with van der Waals surface area (Å²) in [7, 11) is 0. The number of hydrogen-bond acceptors (Lipinski definition) is 3. The lowest BCUT2D eigenvalue weighted by atomic mass is 9.82. The minimum atomic E-state index is -0.178. The van der Waals surface area contributed by atoms with Gasteiger partial charge in [-0.2, -0.15) is 0 Å². The predicted molar refractivity (Wildman–Crippen MR) is 218 cm³/mol.